The van der Waals surface area contributed by atoms with Crippen LogP contribution in [0.1, 0.15) is 15.9 Å². The monoisotopic (exact) mass is 334 g/mol. The van der Waals surface area contributed by atoms with Crippen molar-refractivity contribution < 1.29 is 9.90 Å². The highest BCUT2D eigenvalue weighted by Gasteiger charge is 2.15. The van der Waals surface area contributed by atoms with Crippen LogP contribution in [0.25, 0.3) is 32.9 Å². The minimum absolute atomic E-state index is 0.229. The third-order valence-electron chi connectivity index (χ3n) is 3.90. The van der Waals surface area contributed by atoms with Gasteiger partial charge in [0.15, 0.2) is 0 Å². The van der Waals surface area contributed by atoms with Gasteiger partial charge in [0.2, 0.25) is 0 Å². The minimum Gasteiger partial charge on any atom is -0.478 e. The number of aromatic amines is 1. The highest BCUT2D eigenvalue weighted by molar-refractivity contribution is 7.13. The average Bonchev–Trinajstić information content (AvgIpc) is 3.21. The van der Waals surface area contributed by atoms with Gasteiger partial charge in [0.1, 0.15) is 11.3 Å². The smallest absolute Gasteiger partial charge is 0.337 e. The van der Waals surface area contributed by atoms with Crippen LogP contribution in [0, 0.1) is 6.92 Å². The number of fused-ring (bicyclic) bond motifs is 1. The van der Waals surface area contributed by atoms with Gasteiger partial charge in [-0.3, -0.25) is 0 Å². The SMILES string of the molecule is Cc1cc(C(=O)O)c2nc(-c3cc(-c4ccccc4)cs3)[nH]c2c1. The first-order chi connectivity index (χ1) is 11.6. The Morgan fingerprint density at radius 2 is 1.92 bits per heavy atom. The maximum atomic E-state index is 11.5. The summed E-state index contributed by atoms with van der Waals surface area (Å²) in [7, 11) is 0. The van der Waals surface area contributed by atoms with E-state index in [-0.39, 0.29) is 5.56 Å². The van der Waals surface area contributed by atoms with Gasteiger partial charge in [-0.25, -0.2) is 9.78 Å². The second-order valence-corrected chi connectivity index (χ2v) is 6.58. The molecule has 24 heavy (non-hydrogen) atoms. The zero-order chi connectivity index (χ0) is 16.7. The number of imidazole rings is 1. The fourth-order valence-corrected chi connectivity index (χ4v) is 3.65. The molecule has 0 bridgehead atoms. The van der Waals surface area contributed by atoms with Crippen LogP contribution in [-0.4, -0.2) is 21.0 Å². The zero-order valence-corrected chi connectivity index (χ0v) is 13.7. The Morgan fingerprint density at radius 1 is 1.12 bits per heavy atom. The number of aromatic nitrogens is 2. The lowest BCUT2D eigenvalue weighted by molar-refractivity contribution is 0.0698. The van der Waals surface area contributed by atoms with Crippen LogP contribution in [0.5, 0.6) is 0 Å². The fourth-order valence-electron chi connectivity index (χ4n) is 2.78. The van der Waals surface area contributed by atoms with E-state index in [4.69, 9.17) is 0 Å². The van der Waals surface area contributed by atoms with Gasteiger partial charge in [0, 0.05) is 0 Å². The summed E-state index contributed by atoms with van der Waals surface area (Å²) in [6.07, 6.45) is 0. The molecule has 0 fully saturated rings. The number of carboxylic acids is 1. The molecule has 0 spiro atoms. The molecule has 4 rings (SSSR count). The Labute approximate surface area is 142 Å². The average molecular weight is 334 g/mol. The van der Waals surface area contributed by atoms with Crippen LogP contribution < -0.4 is 0 Å². The van der Waals surface area contributed by atoms with E-state index in [0.717, 1.165) is 27.1 Å². The van der Waals surface area contributed by atoms with Crippen molar-refractivity contribution in [2.45, 2.75) is 6.92 Å². The molecule has 5 heteroatoms. The maximum Gasteiger partial charge on any atom is 0.337 e. The molecule has 0 unspecified atom stereocenters. The molecule has 0 radical (unpaired) electrons. The Bertz CT molecular complexity index is 1050. The van der Waals surface area contributed by atoms with Gasteiger partial charge in [-0.15, -0.1) is 11.3 Å². The number of hydrogen-bond donors (Lipinski definition) is 2. The van der Waals surface area contributed by atoms with Crippen LogP contribution >= 0.6 is 11.3 Å². The van der Waals surface area contributed by atoms with Crippen molar-refractivity contribution in [2.75, 3.05) is 0 Å². The van der Waals surface area contributed by atoms with E-state index in [1.807, 2.05) is 31.2 Å². The van der Waals surface area contributed by atoms with Crippen LogP contribution in [0.15, 0.2) is 53.9 Å². The quantitative estimate of drug-likeness (QED) is 0.556. The van der Waals surface area contributed by atoms with E-state index >= 15 is 0 Å². The molecule has 2 heterocycles. The lowest BCUT2D eigenvalue weighted by Crippen LogP contribution is -1.98. The van der Waals surface area contributed by atoms with Crippen LogP contribution in [0.3, 0.4) is 0 Å². The van der Waals surface area contributed by atoms with E-state index < -0.39 is 5.97 Å². The molecule has 118 valence electrons. The molecule has 0 aliphatic carbocycles. The Morgan fingerprint density at radius 3 is 2.67 bits per heavy atom. The number of nitrogens with zero attached hydrogens (tertiary/aromatic N) is 1. The molecule has 0 atom stereocenters. The highest BCUT2D eigenvalue weighted by atomic mass is 32.1. The van der Waals surface area contributed by atoms with Crippen molar-refractivity contribution in [3.8, 4) is 21.8 Å². The van der Waals surface area contributed by atoms with Gasteiger partial charge in [0.25, 0.3) is 0 Å². The van der Waals surface area contributed by atoms with Crippen molar-refractivity contribution >= 4 is 28.3 Å². The summed E-state index contributed by atoms with van der Waals surface area (Å²) in [5, 5.41) is 11.5. The largest absolute Gasteiger partial charge is 0.478 e. The molecule has 0 aliphatic rings. The summed E-state index contributed by atoms with van der Waals surface area (Å²) in [5.41, 5.74) is 4.65. The number of carboxylic acid groups (broad SMARTS) is 1. The van der Waals surface area contributed by atoms with E-state index in [2.05, 4.69) is 33.5 Å². The summed E-state index contributed by atoms with van der Waals surface area (Å²) < 4.78 is 0. The third kappa shape index (κ3) is 2.49. The maximum absolute atomic E-state index is 11.5. The van der Waals surface area contributed by atoms with Gasteiger partial charge in [0.05, 0.1) is 16.0 Å². The summed E-state index contributed by atoms with van der Waals surface area (Å²) in [6, 6.07) is 15.8. The van der Waals surface area contributed by atoms with Gasteiger partial charge in [-0.05, 0) is 47.2 Å². The topological polar surface area (TPSA) is 66.0 Å². The molecular weight excluding hydrogens is 320 g/mol. The predicted octanol–water partition coefficient (Wildman–Crippen LogP) is 4.97. The van der Waals surface area contributed by atoms with Crippen molar-refractivity contribution in [2.24, 2.45) is 0 Å². The van der Waals surface area contributed by atoms with Gasteiger partial charge >= 0.3 is 5.97 Å². The van der Waals surface area contributed by atoms with Crippen LogP contribution in [0.4, 0.5) is 0 Å². The number of benzene rings is 2. The molecule has 4 aromatic rings. The predicted molar refractivity (Wildman–Crippen MR) is 96.5 cm³/mol. The normalized spacial score (nSPS) is 11.0. The zero-order valence-electron chi connectivity index (χ0n) is 12.9. The van der Waals surface area contributed by atoms with Crippen molar-refractivity contribution in [3.63, 3.8) is 0 Å². The standard InChI is InChI=1S/C19H14N2O2S/c1-11-7-14(19(22)23)17-15(8-11)20-18(21-17)16-9-13(10-24-16)12-5-3-2-4-6-12/h2-10H,1H3,(H,20,21)(H,22,23). The first-order valence-electron chi connectivity index (χ1n) is 7.50. The van der Waals surface area contributed by atoms with Gasteiger partial charge in [-0.1, -0.05) is 30.3 Å². The molecule has 2 aromatic heterocycles. The summed E-state index contributed by atoms with van der Waals surface area (Å²) in [6.45, 7) is 1.88. The van der Waals surface area contributed by atoms with Gasteiger partial charge < -0.3 is 10.1 Å². The second-order valence-electron chi connectivity index (χ2n) is 5.66. The number of H-pyrrole nitrogens is 1. The van der Waals surface area contributed by atoms with Crippen LogP contribution in [0.2, 0.25) is 0 Å². The number of carbonyl (C=O) groups is 1. The van der Waals surface area contributed by atoms with Crippen LogP contribution in [-0.2, 0) is 0 Å². The number of rotatable bonds is 3. The molecule has 0 aliphatic heterocycles. The molecular formula is C19H14N2O2S. The molecule has 2 aromatic carbocycles. The summed E-state index contributed by atoms with van der Waals surface area (Å²) in [5.74, 6) is -0.261. The summed E-state index contributed by atoms with van der Waals surface area (Å²) >= 11 is 1.59. The highest BCUT2D eigenvalue weighted by Crippen LogP contribution is 2.32. The van der Waals surface area contributed by atoms with Crippen molar-refractivity contribution in [1.29, 1.82) is 0 Å². The van der Waals surface area contributed by atoms with E-state index in [0.29, 0.717) is 11.3 Å². The lowest BCUT2D eigenvalue weighted by atomic mass is 10.1. The van der Waals surface area contributed by atoms with Crippen molar-refractivity contribution in [3.05, 3.63) is 65.0 Å². The number of thiophene rings is 1. The van der Waals surface area contributed by atoms with Gasteiger partial charge in [-0.2, -0.15) is 0 Å². The molecule has 0 saturated heterocycles. The second kappa shape index (κ2) is 5.62. The molecule has 2 N–H and O–H groups in total. The Kier molecular flexibility index (Phi) is 3.43. The number of aryl methyl sites for hydroxylation is 1. The Hall–Kier alpha value is -2.92. The van der Waals surface area contributed by atoms with E-state index in [1.165, 1.54) is 0 Å². The lowest BCUT2D eigenvalue weighted by Gasteiger charge is -1.97. The summed E-state index contributed by atoms with van der Waals surface area (Å²) in [4.78, 5) is 20.2. The van der Waals surface area contributed by atoms with E-state index in [9.17, 15) is 9.90 Å². The minimum atomic E-state index is -0.960. The van der Waals surface area contributed by atoms with Crippen molar-refractivity contribution in [1.82, 2.24) is 9.97 Å². The third-order valence-corrected chi connectivity index (χ3v) is 4.84. The fraction of sp³-hybridized carbons (Fsp3) is 0.0526. The Balaban J connectivity index is 1.82. The number of nitrogens with one attached hydrogen (secondary N) is 1. The first-order valence-corrected chi connectivity index (χ1v) is 8.38. The van der Waals surface area contributed by atoms with E-state index in [1.54, 1.807) is 17.4 Å². The number of aromatic carboxylic acids is 1. The molecule has 0 saturated carbocycles. The number of hydrogen-bond acceptors (Lipinski definition) is 3. The first kappa shape index (κ1) is 14.7. The molecule has 4 nitrogen and oxygen atoms in total. The molecule has 0 amide bonds.